The van der Waals surface area contributed by atoms with Gasteiger partial charge in [-0.1, -0.05) is 52.3 Å². The third-order valence-electron chi connectivity index (χ3n) is 3.34. The molecule has 0 aliphatic heterocycles. The second-order valence-corrected chi connectivity index (χ2v) is 5.86. The zero-order chi connectivity index (χ0) is 15.2. The highest BCUT2D eigenvalue weighted by atomic mass is 79.9. The van der Waals surface area contributed by atoms with Gasteiger partial charge in [-0.3, -0.25) is 0 Å². The number of hydrogen-bond acceptors (Lipinski definition) is 1. The topological polar surface area (TPSA) is 9.23 Å². The van der Waals surface area contributed by atoms with Crippen LogP contribution >= 0.6 is 15.9 Å². The van der Waals surface area contributed by atoms with E-state index in [1.165, 1.54) is 0 Å². The fourth-order valence-electron chi connectivity index (χ4n) is 2.23. The summed E-state index contributed by atoms with van der Waals surface area (Å²) in [6.07, 6.45) is -2.44. The minimum Gasteiger partial charge on any atom is -0.376 e. The van der Waals surface area contributed by atoms with Gasteiger partial charge in [0.2, 0.25) is 6.43 Å². The molecule has 0 N–H and O–H groups in total. The highest BCUT2D eigenvalue weighted by molar-refractivity contribution is 9.10. The van der Waals surface area contributed by atoms with Crippen LogP contribution in [0.15, 0.2) is 53.0 Å². The molecule has 0 radical (unpaired) electrons. The van der Waals surface area contributed by atoms with E-state index >= 15 is 0 Å². The fraction of sp³-hybridized carbons (Fsp3) is 0.294. The Morgan fingerprint density at radius 2 is 1.81 bits per heavy atom. The predicted molar refractivity (Wildman–Crippen MR) is 83.7 cm³/mol. The molecule has 0 aliphatic carbocycles. The van der Waals surface area contributed by atoms with Gasteiger partial charge < -0.3 is 4.74 Å². The first-order valence-electron chi connectivity index (χ1n) is 6.74. The molecule has 0 aromatic heterocycles. The third kappa shape index (κ3) is 4.61. The Labute approximate surface area is 132 Å². The van der Waals surface area contributed by atoms with Crippen LogP contribution in [0.4, 0.5) is 8.78 Å². The summed E-state index contributed by atoms with van der Waals surface area (Å²) in [5, 5.41) is 0. The van der Waals surface area contributed by atoms with Gasteiger partial charge in [-0.05, 0) is 35.7 Å². The first kappa shape index (κ1) is 16.1. The number of hydrogen-bond donors (Lipinski definition) is 0. The molecule has 0 unspecified atom stereocenters. The summed E-state index contributed by atoms with van der Waals surface area (Å²) >= 11 is 3.35. The molecular weight excluding hydrogens is 338 g/mol. The Balaban J connectivity index is 2.02. The van der Waals surface area contributed by atoms with E-state index in [1.54, 1.807) is 12.1 Å². The SMILES string of the molecule is Cc1cc(Br)ccc1[C@H](COCc1ccccc1)C(F)F. The number of rotatable bonds is 6. The van der Waals surface area contributed by atoms with E-state index in [1.807, 2.05) is 43.3 Å². The molecule has 0 spiro atoms. The predicted octanol–water partition coefficient (Wildman–Crippen LogP) is 5.32. The second kappa shape index (κ2) is 7.66. The van der Waals surface area contributed by atoms with Crippen LogP contribution in [0.3, 0.4) is 0 Å². The zero-order valence-electron chi connectivity index (χ0n) is 11.7. The molecule has 0 saturated carbocycles. The van der Waals surface area contributed by atoms with Gasteiger partial charge in [0.05, 0.1) is 19.1 Å². The molecule has 21 heavy (non-hydrogen) atoms. The van der Waals surface area contributed by atoms with E-state index < -0.39 is 12.3 Å². The average Bonchev–Trinajstić information content (AvgIpc) is 2.45. The lowest BCUT2D eigenvalue weighted by atomic mass is 9.96. The first-order chi connectivity index (χ1) is 10.1. The van der Waals surface area contributed by atoms with Crippen molar-refractivity contribution in [2.45, 2.75) is 25.9 Å². The van der Waals surface area contributed by atoms with Crippen LogP contribution in [0.2, 0.25) is 0 Å². The van der Waals surface area contributed by atoms with Crippen LogP contribution in [-0.2, 0) is 11.3 Å². The van der Waals surface area contributed by atoms with E-state index in [0.29, 0.717) is 12.2 Å². The van der Waals surface area contributed by atoms with E-state index in [9.17, 15) is 8.78 Å². The van der Waals surface area contributed by atoms with Crippen LogP contribution in [0, 0.1) is 6.92 Å². The summed E-state index contributed by atoms with van der Waals surface area (Å²) < 4.78 is 33.0. The van der Waals surface area contributed by atoms with Crippen LogP contribution in [0.5, 0.6) is 0 Å². The van der Waals surface area contributed by atoms with Gasteiger partial charge in [0.25, 0.3) is 0 Å². The summed E-state index contributed by atoms with van der Waals surface area (Å²) in [6, 6.07) is 14.9. The highest BCUT2D eigenvalue weighted by Crippen LogP contribution is 2.28. The molecule has 0 bridgehead atoms. The fourth-order valence-corrected chi connectivity index (χ4v) is 2.71. The summed E-state index contributed by atoms with van der Waals surface area (Å²) in [5.41, 5.74) is 2.47. The van der Waals surface area contributed by atoms with Gasteiger partial charge >= 0.3 is 0 Å². The maximum absolute atomic E-state index is 13.3. The lowest BCUT2D eigenvalue weighted by Gasteiger charge is -2.19. The van der Waals surface area contributed by atoms with Crippen LogP contribution in [0.1, 0.15) is 22.6 Å². The van der Waals surface area contributed by atoms with Crippen LogP contribution < -0.4 is 0 Å². The molecule has 112 valence electrons. The van der Waals surface area contributed by atoms with Crippen molar-refractivity contribution < 1.29 is 13.5 Å². The molecule has 0 saturated heterocycles. The molecule has 4 heteroatoms. The smallest absolute Gasteiger partial charge is 0.247 e. The van der Waals surface area contributed by atoms with Crippen molar-refractivity contribution in [3.63, 3.8) is 0 Å². The monoisotopic (exact) mass is 354 g/mol. The summed E-state index contributed by atoms with van der Waals surface area (Å²) in [6.45, 7) is 2.20. The quantitative estimate of drug-likeness (QED) is 0.681. The van der Waals surface area contributed by atoms with E-state index in [2.05, 4.69) is 15.9 Å². The minimum atomic E-state index is -2.44. The Bertz CT molecular complexity index is 572. The number of ether oxygens (including phenoxy) is 1. The maximum Gasteiger partial charge on any atom is 0.247 e. The average molecular weight is 355 g/mol. The normalized spacial score (nSPS) is 12.6. The van der Waals surface area contributed by atoms with E-state index in [4.69, 9.17) is 4.74 Å². The number of alkyl halides is 2. The lowest BCUT2D eigenvalue weighted by Crippen LogP contribution is -2.17. The summed E-state index contributed by atoms with van der Waals surface area (Å²) in [5.74, 6) is -0.901. The molecule has 0 fully saturated rings. The molecule has 2 aromatic rings. The minimum absolute atomic E-state index is 0.00896. The first-order valence-corrected chi connectivity index (χ1v) is 7.53. The second-order valence-electron chi connectivity index (χ2n) is 4.94. The van der Waals surface area contributed by atoms with Crippen molar-refractivity contribution in [3.8, 4) is 0 Å². The number of aryl methyl sites for hydroxylation is 1. The molecule has 0 amide bonds. The molecule has 0 heterocycles. The van der Waals surface area contributed by atoms with Crippen molar-refractivity contribution in [3.05, 3.63) is 69.7 Å². The van der Waals surface area contributed by atoms with Gasteiger partial charge in [-0.2, -0.15) is 0 Å². The maximum atomic E-state index is 13.3. The van der Waals surface area contributed by atoms with E-state index in [-0.39, 0.29) is 6.61 Å². The Morgan fingerprint density at radius 1 is 1.10 bits per heavy atom. The molecule has 1 nitrogen and oxygen atoms in total. The van der Waals surface area contributed by atoms with Crippen molar-refractivity contribution in [1.29, 1.82) is 0 Å². The van der Waals surface area contributed by atoms with Gasteiger partial charge in [-0.25, -0.2) is 8.78 Å². The van der Waals surface area contributed by atoms with Gasteiger partial charge in [0.15, 0.2) is 0 Å². The lowest BCUT2D eigenvalue weighted by molar-refractivity contribution is 0.0367. The number of benzene rings is 2. The van der Waals surface area contributed by atoms with Crippen LogP contribution in [0.25, 0.3) is 0 Å². The molecular formula is C17H17BrF2O. The van der Waals surface area contributed by atoms with Crippen molar-refractivity contribution in [2.24, 2.45) is 0 Å². The van der Waals surface area contributed by atoms with Gasteiger partial charge in [-0.15, -0.1) is 0 Å². The van der Waals surface area contributed by atoms with Crippen LogP contribution in [-0.4, -0.2) is 13.0 Å². The zero-order valence-corrected chi connectivity index (χ0v) is 13.3. The summed E-state index contributed by atoms with van der Waals surface area (Å²) in [7, 11) is 0. The van der Waals surface area contributed by atoms with Crippen molar-refractivity contribution >= 4 is 15.9 Å². The van der Waals surface area contributed by atoms with Crippen molar-refractivity contribution in [2.75, 3.05) is 6.61 Å². The highest BCUT2D eigenvalue weighted by Gasteiger charge is 2.24. The number of halogens is 3. The summed E-state index contributed by atoms with van der Waals surface area (Å²) in [4.78, 5) is 0. The molecule has 2 aromatic carbocycles. The molecule has 1 atom stereocenters. The van der Waals surface area contributed by atoms with Gasteiger partial charge in [0.1, 0.15) is 0 Å². The molecule has 0 aliphatic rings. The molecule has 2 rings (SSSR count). The standard InChI is InChI=1S/C17H17BrF2O/c1-12-9-14(18)7-8-15(12)16(17(19)20)11-21-10-13-5-3-2-4-6-13/h2-9,16-17H,10-11H2,1H3/t16-/m0/s1. The third-order valence-corrected chi connectivity index (χ3v) is 3.84. The van der Waals surface area contributed by atoms with Gasteiger partial charge in [0, 0.05) is 4.47 Å². The largest absolute Gasteiger partial charge is 0.376 e. The Hall–Kier alpha value is -1.26. The van der Waals surface area contributed by atoms with E-state index in [0.717, 1.165) is 15.6 Å². The Morgan fingerprint density at radius 3 is 2.43 bits per heavy atom. The Kier molecular flexibility index (Phi) is 5.88. The van der Waals surface area contributed by atoms with Crippen molar-refractivity contribution in [1.82, 2.24) is 0 Å².